The second kappa shape index (κ2) is 15.1. The summed E-state index contributed by atoms with van der Waals surface area (Å²) in [6.45, 7) is 6.83. The van der Waals surface area contributed by atoms with E-state index in [1.54, 1.807) is 24.3 Å². The number of rotatable bonds is 14. The molecule has 0 aliphatic carbocycles. The monoisotopic (exact) mass is 671 g/mol. The highest BCUT2D eigenvalue weighted by molar-refractivity contribution is 5.93. The van der Waals surface area contributed by atoms with Gasteiger partial charge < -0.3 is 28.4 Å². The number of carbonyl (C=O) groups excluding carboxylic acids is 2. The predicted octanol–water partition coefficient (Wildman–Crippen LogP) is 7.81. The summed E-state index contributed by atoms with van der Waals surface area (Å²) >= 11 is 0. The lowest BCUT2D eigenvalue weighted by molar-refractivity contribution is 0.0539. The predicted molar refractivity (Wildman–Crippen MR) is 186 cm³/mol. The van der Waals surface area contributed by atoms with Crippen LogP contribution in [0.2, 0.25) is 0 Å². The molecule has 9 nitrogen and oxygen atoms in total. The molecule has 0 radical (unpaired) electrons. The number of pyridine rings is 1. The molecular formula is C41H37NO8. The van der Waals surface area contributed by atoms with Crippen molar-refractivity contribution in [3.8, 4) is 33.8 Å². The Kier molecular flexibility index (Phi) is 10.1. The average molecular weight is 672 g/mol. The molecule has 4 atom stereocenters. The molecule has 0 bridgehead atoms. The Balaban J connectivity index is 0.889. The summed E-state index contributed by atoms with van der Waals surface area (Å²) in [5.74, 6) is -0.442. The van der Waals surface area contributed by atoms with E-state index in [0.29, 0.717) is 24.7 Å². The standard InChI is InChI=1S/C41H37NO8/c1-26(45-22-37-24-47-37)28-3-7-30(8-4-28)32-11-16-35(17-12-32)49-40(43)34-15-20-39(42-21-34)41(44)50-36-18-13-33(14-19-36)31-9-5-29(6-10-31)27(2)46-23-38-25-48-38/h3-21,26-27,37-38H,22-25H2,1-2H3. The molecule has 3 heterocycles. The van der Waals surface area contributed by atoms with Gasteiger partial charge in [-0.2, -0.15) is 0 Å². The third kappa shape index (κ3) is 8.69. The van der Waals surface area contributed by atoms with Gasteiger partial charge in [-0.3, -0.25) is 0 Å². The summed E-state index contributed by atoms with van der Waals surface area (Å²) < 4.78 is 33.2. The van der Waals surface area contributed by atoms with Crippen molar-refractivity contribution in [2.45, 2.75) is 38.3 Å². The Morgan fingerprint density at radius 3 is 1.38 bits per heavy atom. The fraction of sp³-hybridized carbons (Fsp3) is 0.244. The van der Waals surface area contributed by atoms with Crippen LogP contribution >= 0.6 is 0 Å². The van der Waals surface area contributed by atoms with Gasteiger partial charge in [-0.1, -0.05) is 72.8 Å². The van der Waals surface area contributed by atoms with Crippen molar-refractivity contribution in [2.75, 3.05) is 26.4 Å². The molecule has 50 heavy (non-hydrogen) atoms. The molecule has 7 rings (SSSR count). The maximum atomic E-state index is 12.8. The molecule has 2 fully saturated rings. The van der Waals surface area contributed by atoms with Crippen LogP contribution in [0.5, 0.6) is 11.5 Å². The van der Waals surface area contributed by atoms with E-state index < -0.39 is 11.9 Å². The Morgan fingerprint density at radius 2 is 1.00 bits per heavy atom. The minimum atomic E-state index is -0.633. The summed E-state index contributed by atoms with van der Waals surface area (Å²) in [5, 5.41) is 0. The maximum absolute atomic E-state index is 12.8. The van der Waals surface area contributed by atoms with E-state index in [4.69, 9.17) is 28.4 Å². The molecule has 0 saturated carbocycles. The van der Waals surface area contributed by atoms with Crippen LogP contribution in [0.25, 0.3) is 22.3 Å². The third-order valence-electron chi connectivity index (χ3n) is 8.63. The quantitative estimate of drug-likeness (QED) is 0.0664. The Morgan fingerprint density at radius 1 is 0.600 bits per heavy atom. The molecule has 4 unspecified atom stereocenters. The van der Waals surface area contributed by atoms with Gasteiger partial charge >= 0.3 is 11.9 Å². The van der Waals surface area contributed by atoms with Gasteiger partial charge in [0.25, 0.3) is 0 Å². The van der Waals surface area contributed by atoms with Gasteiger partial charge in [0.1, 0.15) is 29.4 Å². The lowest BCUT2D eigenvalue weighted by Crippen LogP contribution is -2.13. The van der Waals surface area contributed by atoms with Gasteiger partial charge in [-0.15, -0.1) is 0 Å². The van der Waals surface area contributed by atoms with Crippen molar-refractivity contribution in [2.24, 2.45) is 0 Å². The number of hydrogen-bond acceptors (Lipinski definition) is 9. The van der Waals surface area contributed by atoms with E-state index in [-0.39, 0.29) is 35.7 Å². The third-order valence-corrected chi connectivity index (χ3v) is 8.63. The number of ether oxygens (including phenoxy) is 6. The van der Waals surface area contributed by atoms with Crippen molar-refractivity contribution in [1.82, 2.24) is 4.98 Å². The van der Waals surface area contributed by atoms with Crippen LogP contribution in [0.4, 0.5) is 0 Å². The fourth-order valence-corrected chi connectivity index (χ4v) is 5.31. The van der Waals surface area contributed by atoms with E-state index >= 15 is 0 Å². The van der Waals surface area contributed by atoms with Gasteiger partial charge in [0.2, 0.25) is 0 Å². The lowest BCUT2D eigenvalue weighted by Gasteiger charge is -2.13. The molecule has 0 amide bonds. The van der Waals surface area contributed by atoms with Crippen LogP contribution in [0.1, 0.15) is 58.0 Å². The summed E-state index contributed by atoms with van der Waals surface area (Å²) in [5.41, 5.74) is 6.50. The van der Waals surface area contributed by atoms with E-state index in [1.807, 2.05) is 74.5 Å². The number of nitrogens with zero attached hydrogens (tertiary/aromatic N) is 1. The molecule has 1 aromatic heterocycles. The smallest absolute Gasteiger partial charge is 0.362 e. The average Bonchev–Trinajstić information content (AvgIpc) is 4.10. The molecular weight excluding hydrogens is 634 g/mol. The number of benzene rings is 4. The molecule has 9 heteroatoms. The maximum Gasteiger partial charge on any atom is 0.362 e. The largest absolute Gasteiger partial charge is 0.423 e. The van der Waals surface area contributed by atoms with Crippen LogP contribution in [-0.2, 0) is 18.9 Å². The topological polar surface area (TPSA) is 109 Å². The van der Waals surface area contributed by atoms with E-state index in [2.05, 4.69) is 17.1 Å². The molecule has 2 aliphatic heterocycles. The highest BCUT2D eigenvalue weighted by Gasteiger charge is 2.24. The molecule has 0 spiro atoms. The van der Waals surface area contributed by atoms with Crippen LogP contribution in [0.3, 0.4) is 0 Å². The zero-order chi connectivity index (χ0) is 34.5. The first-order chi connectivity index (χ1) is 24.4. The normalized spacial score (nSPS) is 17.4. The number of esters is 2. The number of epoxide rings is 2. The summed E-state index contributed by atoms with van der Waals surface area (Å²) in [4.78, 5) is 29.7. The summed E-state index contributed by atoms with van der Waals surface area (Å²) in [6.07, 6.45) is 1.74. The van der Waals surface area contributed by atoms with Crippen molar-refractivity contribution in [3.05, 3.63) is 138 Å². The van der Waals surface area contributed by atoms with Crippen LogP contribution in [-0.4, -0.2) is 55.6 Å². The van der Waals surface area contributed by atoms with Gasteiger partial charge in [0.05, 0.1) is 44.2 Å². The van der Waals surface area contributed by atoms with Crippen LogP contribution in [0, 0.1) is 0 Å². The minimum Gasteiger partial charge on any atom is -0.423 e. The highest BCUT2D eigenvalue weighted by Crippen LogP contribution is 2.28. The van der Waals surface area contributed by atoms with Gasteiger partial charge in [0, 0.05) is 6.20 Å². The van der Waals surface area contributed by atoms with Crippen LogP contribution in [0.15, 0.2) is 115 Å². The van der Waals surface area contributed by atoms with E-state index in [1.165, 1.54) is 18.3 Å². The number of hydrogen-bond donors (Lipinski definition) is 0. The first kappa shape index (κ1) is 33.3. The molecule has 5 aromatic rings. The zero-order valence-corrected chi connectivity index (χ0v) is 27.8. The van der Waals surface area contributed by atoms with Gasteiger partial charge in [0.15, 0.2) is 0 Å². The van der Waals surface area contributed by atoms with Crippen LogP contribution < -0.4 is 9.47 Å². The second-order valence-electron chi connectivity index (χ2n) is 12.4. The van der Waals surface area contributed by atoms with E-state index in [9.17, 15) is 9.59 Å². The molecule has 2 aliphatic rings. The molecule has 0 N–H and O–H groups in total. The first-order valence-electron chi connectivity index (χ1n) is 16.7. The van der Waals surface area contributed by atoms with Crippen molar-refractivity contribution in [1.29, 1.82) is 0 Å². The second-order valence-corrected chi connectivity index (χ2v) is 12.4. The first-order valence-corrected chi connectivity index (χ1v) is 16.7. The summed E-state index contributed by atoms with van der Waals surface area (Å²) in [7, 11) is 0. The van der Waals surface area contributed by atoms with Gasteiger partial charge in [-0.25, -0.2) is 14.6 Å². The minimum absolute atomic E-state index is 0.0138. The van der Waals surface area contributed by atoms with E-state index in [0.717, 1.165) is 46.6 Å². The van der Waals surface area contributed by atoms with Gasteiger partial charge in [-0.05, 0) is 83.6 Å². The lowest BCUT2D eigenvalue weighted by atomic mass is 10.0. The SMILES string of the molecule is CC(OCC1CO1)c1ccc(-c2ccc(OC(=O)c3ccc(C(=O)Oc4ccc(-c5ccc(C(C)OCC6CO6)cc5)cc4)nc3)cc2)cc1. The number of aromatic nitrogens is 1. The van der Waals surface area contributed by atoms with Crippen molar-refractivity contribution in [3.63, 3.8) is 0 Å². The van der Waals surface area contributed by atoms with Crippen molar-refractivity contribution < 1.29 is 38.0 Å². The molecule has 4 aromatic carbocycles. The molecule has 2 saturated heterocycles. The van der Waals surface area contributed by atoms with Crippen molar-refractivity contribution >= 4 is 11.9 Å². The summed E-state index contributed by atoms with van der Waals surface area (Å²) in [6, 6.07) is 33.8. The Bertz CT molecular complexity index is 1760. The zero-order valence-electron chi connectivity index (χ0n) is 27.8. The number of carbonyl (C=O) groups is 2. The Hall–Kier alpha value is -5.19. The Labute approximate surface area is 290 Å². The highest BCUT2D eigenvalue weighted by atomic mass is 16.6. The molecule has 254 valence electrons. The fourth-order valence-electron chi connectivity index (χ4n) is 5.31.